The van der Waals surface area contributed by atoms with Gasteiger partial charge in [-0.2, -0.15) is 26.3 Å². The van der Waals surface area contributed by atoms with Gasteiger partial charge in [-0.15, -0.1) is 0 Å². The largest absolute Gasteiger partial charge is 0.481 e. The number of alkyl halides is 6. The molecule has 1 aromatic carbocycles. The van der Waals surface area contributed by atoms with Crippen LogP contribution < -0.4 is 0 Å². The monoisotopic (exact) mass is 342 g/mol. The van der Waals surface area contributed by atoms with E-state index < -0.39 is 36.1 Å². The summed E-state index contributed by atoms with van der Waals surface area (Å²) in [5.41, 5.74) is -2.55. The van der Waals surface area contributed by atoms with E-state index in [9.17, 15) is 36.2 Å². The molecule has 0 aliphatic heterocycles. The molecule has 2 unspecified atom stereocenters. The van der Waals surface area contributed by atoms with E-state index in [1.54, 1.807) is 0 Å². The van der Waals surface area contributed by atoms with Crippen molar-refractivity contribution in [1.29, 1.82) is 0 Å². The summed E-state index contributed by atoms with van der Waals surface area (Å²) in [5.74, 6) is -3.85. The normalized spacial score (nSPS) is 16.7. The first-order chi connectivity index (χ1) is 10.3. The molecule has 0 spiro atoms. The van der Waals surface area contributed by atoms with E-state index in [0.717, 1.165) is 31.2 Å². The zero-order chi connectivity index (χ0) is 18.1. The van der Waals surface area contributed by atoms with Crippen molar-refractivity contribution in [2.45, 2.75) is 44.5 Å². The summed E-state index contributed by atoms with van der Waals surface area (Å²) in [7, 11) is 0. The molecule has 0 saturated heterocycles. The first-order valence-electron chi connectivity index (χ1n) is 6.81. The lowest BCUT2D eigenvalue weighted by atomic mass is 9.68. The van der Waals surface area contributed by atoms with Crippen molar-refractivity contribution in [2.75, 3.05) is 0 Å². The molecule has 8 heteroatoms. The quantitative estimate of drug-likeness (QED) is 0.786. The molecule has 0 aromatic heterocycles. The maximum absolute atomic E-state index is 13.1. The van der Waals surface area contributed by atoms with Crippen LogP contribution in [0.2, 0.25) is 0 Å². The van der Waals surface area contributed by atoms with Crippen LogP contribution in [0, 0.1) is 5.92 Å². The molecule has 1 N–H and O–H groups in total. The van der Waals surface area contributed by atoms with Crippen LogP contribution in [0.25, 0.3) is 0 Å². The number of hydrogen-bond donors (Lipinski definition) is 1. The molecule has 23 heavy (non-hydrogen) atoms. The molecule has 0 saturated carbocycles. The van der Waals surface area contributed by atoms with Gasteiger partial charge in [-0.25, -0.2) is 0 Å². The molecule has 0 radical (unpaired) electrons. The fourth-order valence-corrected chi connectivity index (χ4v) is 2.65. The highest BCUT2D eigenvalue weighted by Crippen LogP contribution is 2.44. The lowest BCUT2D eigenvalue weighted by Gasteiger charge is -2.36. The predicted octanol–water partition coefficient (Wildman–Crippen LogP) is 4.72. The Morgan fingerprint density at radius 3 is 1.87 bits per heavy atom. The van der Waals surface area contributed by atoms with Gasteiger partial charge in [0.25, 0.3) is 0 Å². The summed E-state index contributed by atoms with van der Waals surface area (Å²) in [5, 5.41) is 9.39. The summed E-state index contributed by atoms with van der Waals surface area (Å²) in [4.78, 5) is 11.6. The third-order valence-corrected chi connectivity index (χ3v) is 4.04. The van der Waals surface area contributed by atoms with E-state index >= 15 is 0 Å². The Hall–Kier alpha value is -1.73. The van der Waals surface area contributed by atoms with E-state index in [2.05, 4.69) is 0 Å². The number of benzene rings is 1. The molecule has 0 aliphatic rings. The van der Waals surface area contributed by atoms with Crippen molar-refractivity contribution in [3.05, 3.63) is 35.4 Å². The van der Waals surface area contributed by atoms with Gasteiger partial charge >= 0.3 is 18.3 Å². The van der Waals surface area contributed by atoms with Crippen LogP contribution >= 0.6 is 0 Å². The Bertz CT molecular complexity index is 547. The highest BCUT2D eigenvalue weighted by molar-refractivity contribution is 5.82. The molecule has 1 aromatic rings. The van der Waals surface area contributed by atoms with Crippen molar-refractivity contribution in [1.82, 2.24) is 0 Å². The molecule has 2 nitrogen and oxygen atoms in total. The van der Waals surface area contributed by atoms with Crippen LogP contribution in [0.5, 0.6) is 0 Å². The molecule has 2 atom stereocenters. The van der Waals surface area contributed by atoms with E-state index in [-0.39, 0.29) is 17.5 Å². The van der Waals surface area contributed by atoms with Gasteiger partial charge in [-0.1, -0.05) is 38.1 Å². The van der Waals surface area contributed by atoms with Crippen LogP contribution in [-0.4, -0.2) is 23.4 Å². The third kappa shape index (κ3) is 4.17. The summed E-state index contributed by atoms with van der Waals surface area (Å²) >= 11 is 0. The topological polar surface area (TPSA) is 37.3 Å². The summed E-state index contributed by atoms with van der Waals surface area (Å²) in [6.45, 7) is 2.07. The molecule has 1 rings (SSSR count). The number of carboxylic acids is 1. The molecule has 0 bridgehead atoms. The minimum atomic E-state index is -4.75. The molecule has 0 heterocycles. The van der Waals surface area contributed by atoms with Crippen molar-refractivity contribution in [3.63, 3.8) is 0 Å². The van der Waals surface area contributed by atoms with Crippen LogP contribution in [0.4, 0.5) is 26.3 Å². The Morgan fingerprint density at radius 1 is 1.09 bits per heavy atom. The summed E-state index contributed by atoms with van der Waals surface area (Å²) < 4.78 is 76.1. The minimum absolute atomic E-state index is 0.142. The predicted molar refractivity (Wildman–Crippen MR) is 71.0 cm³/mol. The molecule has 130 valence electrons. The second-order valence-electron chi connectivity index (χ2n) is 5.38. The number of halogens is 6. The van der Waals surface area contributed by atoms with E-state index in [0.29, 0.717) is 0 Å². The van der Waals surface area contributed by atoms with Gasteiger partial charge < -0.3 is 5.11 Å². The van der Waals surface area contributed by atoms with Crippen molar-refractivity contribution < 1.29 is 36.2 Å². The molecule has 0 amide bonds. The van der Waals surface area contributed by atoms with E-state index in [1.807, 2.05) is 0 Å². The maximum atomic E-state index is 13.1. The van der Waals surface area contributed by atoms with Gasteiger partial charge in [0.15, 0.2) is 0 Å². The number of carbonyl (C=O) groups is 1. The maximum Gasteiger partial charge on any atom is 0.393 e. The average Bonchev–Trinajstić information content (AvgIpc) is 2.38. The first kappa shape index (κ1) is 19.3. The number of aliphatic carboxylic acids is 1. The van der Waals surface area contributed by atoms with Gasteiger partial charge in [0.1, 0.15) is 5.41 Å². The van der Waals surface area contributed by atoms with E-state index in [1.165, 1.54) is 6.92 Å². The molecular formula is C15H16F6O2. The van der Waals surface area contributed by atoms with Crippen LogP contribution in [-0.2, 0) is 16.6 Å². The third-order valence-electron chi connectivity index (χ3n) is 4.04. The van der Waals surface area contributed by atoms with Gasteiger partial charge in [0, 0.05) is 0 Å². The second-order valence-corrected chi connectivity index (χ2v) is 5.38. The summed E-state index contributed by atoms with van der Waals surface area (Å²) in [6.07, 6.45) is -10.8. The highest BCUT2D eigenvalue weighted by atomic mass is 19.4. The average molecular weight is 342 g/mol. The van der Waals surface area contributed by atoms with Crippen molar-refractivity contribution in [3.8, 4) is 0 Å². The lowest BCUT2D eigenvalue weighted by Crippen LogP contribution is -2.47. The van der Waals surface area contributed by atoms with Crippen molar-refractivity contribution in [2.24, 2.45) is 5.92 Å². The number of carboxylic acid groups (broad SMARTS) is 1. The number of hydrogen-bond acceptors (Lipinski definition) is 1. The van der Waals surface area contributed by atoms with Crippen LogP contribution in [0.15, 0.2) is 24.3 Å². The Morgan fingerprint density at radius 2 is 1.57 bits per heavy atom. The van der Waals surface area contributed by atoms with Gasteiger partial charge in [-0.3, -0.25) is 4.79 Å². The van der Waals surface area contributed by atoms with Gasteiger partial charge in [0.2, 0.25) is 0 Å². The highest BCUT2D eigenvalue weighted by Gasteiger charge is 2.55. The Labute approximate surface area is 129 Å². The molecule has 0 aliphatic carbocycles. The van der Waals surface area contributed by atoms with Gasteiger partial charge in [0.05, 0.1) is 12.3 Å². The Kier molecular flexibility index (Phi) is 5.38. The first-order valence-corrected chi connectivity index (χ1v) is 6.81. The fraction of sp³-hybridized carbons (Fsp3) is 0.533. The standard InChI is InChI=1S/C15H16F6O2/c1-3-13(12(22)23,9(2)15(19,20)21)11-6-4-10(5-7-11)8-14(16,17)18/h4-7,9H,3,8H2,1-2H3,(H,22,23). The molecule has 0 fully saturated rings. The lowest BCUT2D eigenvalue weighted by molar-refractivity contribution is -0.198. The van der Waals surface area contributed by atoms with E-state index in [4.69, 9.17) is 0 Å². The zero-order valence-corrected chi connectivity index (χ0v) is 12.4. The van der Waals surface area contributed by atoms with Gasteiger partial charge in [-0.05, 0) is 17.5 Å². The van der Waals surface area contributed by atoms with Crippen LogP contribution in [0.3, 0.4) is 0 Å². The van der Waals surface area contributed by atoms with Crippen molar-refractivity contribution >= 4 is 5.97 Å². The molecular weight excluding hydrogens is 326 g/mol. The van der Waals surface area contributed by atoms with Crippen LogP contribution in [0.1, 0.15) is 31.4 Å². The Balaban J connectivity index is 3.32. The fourth-order valence-electron chi connectivity index (χ4n) is 2.65. The smallest absolute Gasteiger partial charge is 0.393 e. The zero-order valence-electron chi connectivity index (χ0n) is 12.4. The summed E-state index contributed by atoms with van der Waals surface area (Å²) in [6, 6.07) is 4.08. The second kappa shape index (κ2) is 6.41. The number of rotatable bonds is 5. The minimum Gasteiger partial charge on any atom is -0.481 e. The SMILES string of the molecule is CCC(C(=O)O)(c1ccc(CC(F)(F)F)cc1)C(C)C(F)(F)F.